The summed E-state index contributed by atoms with van der Waals surface area (Å²) in [6.07, 6.45) is 8.93. The second-order valence-corrected chi connectivity index (χ2v) is 4.24. The summed E-state index contributed by atoms with van der Waals surface area (Å²) in [5, 5.41) is 1.05. The van der Waals surface area contributed by atoms with E-state index in [1.807, 2.05) is 36.6 Å². The minimum Gasteiger partial charge on any atom is -0.319 e. The number of fused-ring (bicyclic) bond motifs is 3. The van der Waals surface area contributed by atoms with Gasteiger partial charge in [-0.15, -0.1) is 0 Å². The number of rotatable bonds is 1. The Morgan fingerprint density at radius 2 is 2.06 bits per heavy atom. The van der Waals surface area contributed by atoms with Crippen molar-refractivity contribution in [3.05, 3.63) is 53.8 Å². The number of carbonyl (C=O) groups is 1. The molecule has 2 heteroatoms. The topological polar surface area (TPSA) is 22.0 Å². The highest BCUT2D eigenvalue weighted by atomic mass is 16.1. The number of ketones is 1. The van der Waals surface area contributed by atoms with Gasteiger partial charge in [-0.3, -0.25) is 4.79 Å². The van der Waals surface area contributed by atoms with Crippen LogP contribution >= 0.6 is 0 Å². The molecule has 1 aromatic heterocycles. The van der Waals surface area contributed by atoms with E-state index < -0.39 is 0 Å². The predicted molar refractivity (Wildman–Crippen MR) is 70.1 cm³/mol. The predicted octanol–water partition coefficient (Wildman–Crippen LogP) is 3.43. The lowest BCUT2D eigenvalue weighted by molar-refractivity contribution is 0.101. The molecule has 0 saturated heterocycles. The molecule has 0 radical (unpaired) electrons. The zero-order valence-corrected chi connectivity index (χ0v) is 9.68. The van der Waals surface area contributed by atoms with Crippen LogP contribution in [0.1, 0.15) is 23.0 Å². The number of carbonyl (C=O) groups excluding carboxylic acids is 1. The first-order valence-corrected chi connectivity index (χ1v) is 5.75. The van der Waals surface area contributed by atoms with E-state index in [0.717, 1.165) is 28.6 Å². The molecule has 0 atom stereocenters. The van der Waals surface area contributed by atoms with Gasteiger partial charge in [-0.05, 0) is 19.1 Å². The van der Waals surface area contributed by atoms with Crippen molar-refractivity contribution in [1.29, 1.82) is 0 Å². The van der Waals surface area contributed by atoms with Gasteiger partial charge in [-0.25, -0.2) is 0 Å². The summed E-state index contributed by atoms with van der Waals surface area (Å²) in [6.45, 7) is 1.64. The number of hydrogen-bond acceptors (Lipinski definition) is 1. The highest BCUT2D eigenvalue weighted by Gasteiger charge is 2.18. The van der Waals surface area contributed by atoms with E-state index in [1.165, 1.54) is 0 Å². The number of Topliss-reactive ketones (excluding diaryl/α,β-unsaturated/α-hetero) is 1. The molecule has 0 bridgehead atoms. The number of allylic oxidation sites excluding steroid dienone is 3. The highest BCUT2D eigenvalue weighted by molar-refractivity contribution is 6.09. The van der Waals surface area contributed by atoms with Crippen molar-refractivity contribution < 1.29 is 4.79 Å². The van der Waals surface area contributed by atoms with E-state index in [1.54, 1.807) is 6.92 Å². The van der Waals surface area contributed by atoms with Crippen molar-refractivity contribution in [2.24, 2.45) is 0 Å². The summed E-state index contributed by atoms with van der Waals surface area (Å²) in [5.41, 5.74) is 3.05. The molecular formula is C15H13NO. The van der Waals surface area contributed by atoms with Crippen LogP contribution in [0.5, 0.6) is 0 Å². The minimum absolute atomic E-state index is 0.138. The van der Waals surface area contributed by atoms with Crippen LogP contribution in [-0.2, 0) is 6.42 Å². The Hall–Kier alpha value is -2.09. The Morgan fingerprint density at radius 1 is 1.24 bits per heavy atom. The van der Waals surface area contributed by atoms with Crippen molar-refractivity contribution in [1.82, 2.24) is 4.57 Å². The number of aromatic nitrogens is 1. The summed E-state index contributed by atoms with van der Waals surface area (Å²) in [4.78, 5) is 11.8. The van der Waals surface area contributed by atoms with Gasteiger partial charge in [0.2, 0.25) is 0 Å². The largest absolute Gasteiger partial charge is 0.319 e. The molecule has 0 amide bonds. The lowest BCUT2D eigenvalue weighted by Gasteiger charge is -2.02. The Labute approximate surface area is 99.9 Å². The summed E-state index contributed by atoms with van der Waals surface area (Å²) >= 11 is 0. The van der Waals surface area contributed by atoms with Gasteiger partial charge in [0, 0.05) is 29.3 Å². The van der Waals surface area contributed by atoms with Crippen LogP contribution in [0.2, 0.25) is 0 Å². The fourth-order valence-electron chi connectivity index (χ4n) is 2.47. The van der Waals surface area contributed by atoms with E-state index in [0.29, 0.717) is 0 Å². The average Bonchev–Trinajstić information content (AvgIpc) is 2.48. The van der Waals surface area contributed by atoms with Gasteiger partial charge in [-0.1, -0.05) is 30.4 Å². The fourth-order valence-corrected chi connectivity index (χ4v) is 2.47. The third kappa shape index (κ3) is 1.45. The standard InChI is InChI=1S/C15H13NO/c1-11(17)15-12-7-4-5-8-13(12)16-10-6-2-3-9-14(15)16/h2-8,10H,9H2,1H3. The Balaban J connectivity index is 2.45. The maximum Gasteiger partial charge on any atom is 0.162 e. The van der Waals surface area contributed by atoms with Crippen molar-refractivity contribution in [3.8, 4) is 0 Å². The summed E-state index contributed by atoms with van der Waals surface area (Å²) in [7, 11) is 0. The average molecular weight is 223 g/mol. The van der Waals surface area contributed by atoms with Gasteiger partial charge >= 0.3 is 0 Å². The molecule has 0 unspecified atom stereocenters. The van der Waals surface area contributed by atoms with Crippen molar-refractivity contribution >= 4 is 22.9 Å². The van der Waals surface area contributed by atoms with E-state index in [2.05, 4.69) is 16.7 Å². The monoisotopic (exact) mass is 223 g/mol. The second kappa shape index (κ2) is 3.74. The number of para-hydroxylation sites is 1. The Bertz CT molecular complexity index is 659. The van der Waals surface area contributed by atoms with Gasteiger partial charge in [0.1, 0.15) is 0 Å². The van der Waals surface area contributed by atoms with Crippen molar-refractivity contribution in [2.75, 3.05) is 0 Å². The number of benzene rings is 1. The smallest absolute Gasteiger partial charge is 0.162 e. The highest BCUT2D eigenvalue weighted by Crippen LogP contribution is 2.28. The molecule has 2 aromatic rings. The molecule has 17 heavy (non-hydrogen) atoms. The SMILES string of the molecule is CC(=O)c1c2n(c3ccccc13)C=CC=CC2. The molecule has 84 valence electrons. The quantitative estimate of drug-likeness (QED) is 0.679. The third-order valence-corrected chi connectivity index (χ3v) is 3.16. The summed E-state index contributed by atoms with van der Waals surface area (Å²) in [5.74, 6) is 0.138. The summed E-state index contributed by atoms with van der Waals surface area (Å²) in [6, 6.07) is 8.06. The molecule has 2 nitrogen and oxygen atoms in total. The molecule has 0 spiro atoms. The van der Waals surface area contributed by atoms with Gasteiger partial charge in [0.15, 0.2) is 5.78 Å². The molecule has 3 rings (SSSR count). The van der Waals surface area contributed by atoms with Gasteiger partial charge in [0.05, 0.1) is 5.52 Å². The van der Waals surface area contributed by atoms with Gasteiger partial charge in [-0.2, -0.15) is 0 Å². The molecule has 0 saturated carbocycles. The minimum atomic E-state index is 0.138. The van der Waals surface area contributed by atoms with Crippen LogP contribution in [0.3, 0.4) is 0 Å². The third-order valence-electron chi connectivity index (χ3n) is 3.16. The fraction of sp³-hybridized carbons (Fsp3) is 0.133. The lowest BCUT2D eigenvalue weighted by Crippen LogP contribution is -1.99. The zero-order chi connectivity index (χ0) is 11.8. The van der Waals surface area contributed by atoms with E-state index >= 15 is 0 Å². The Morgan fingerprint density at radius 3 is 2.88 bits per heavy atom. The molecule has 1 aliphatic rings. The van der Waals surface area contributed by atoms with Gasteiger partial charge in [0.25, 0.3) is 0 Å². The lowest BCUT2D eigenvalue weighted by atomic mass is 10.1. The number of hydrogen-bond donors (Lipinski definition) is 0. The molecule has 1 aliphatic heterocycles. The van der Waals surface area contributed by atoms with Crippen molar-refractivity contribution in [2.45, 2.75) is 13.3 Å². The molecule has 0 N–H and O–H groups in total. The molecule has 0 aliphatic carbocycles. The van der Waals surface area contributed by atoms with Crippen LogP contribution in [0.4, 0.5) is 0 Å². The first-order valence-electron chi connectivity index (χ1n) is 5.75. The number of nitrogens with zero attached hydrogens (tertiary/aromatic N) is 1. The molecule has 0 fully saturated rings. The normalized spacial score (nSPS) is 13.7. The van der Waals surface area contributed by atoms with E-state index in [9.17, 15) is 4.79 Å². The van der Waals surface area contributed by atoms with Crippen LogP contribution < -0.4 is 0 Å². The van der Waals surface area contributed by atoms with Crippen LogP contribution in [0, 0.1) is 0 Å². The summed E-state index contributed by atoms with van der Waals surface area (Å²) < 4.78 is 2.12. The van der Waals surface area contributed by atoms with E-state index in [-0.39, 0.29) is 5.78 Å². The van der Waals surface area contributed by atoms with Crippen LogP contribution in [0.25, 0.3) is 17.1 Å². The maximum absolute atomic E-state index is 11.8. The first-order chi connectivity index (χ1) is 8.29. The first kappa shape index (κ1) is 10.1. The van der Waals surface area contributed by atoms with Crippen molar-refractivity contribution in [3.63, 3.8) is 0 Å². The second-order valence-electron chi connectivity index (χ2n) is 4.24. The maximum atomic E-state index is 11.8. The molecule has 2 heterocycles. The zero-order valence-electron chi connectivity index (χ0n) is 9.68. The van der Waals surface area contributed by atoms with Crippen LogP contribution in [-0.4, -0.2) is 10.4 Å². The molecule has 1 aromatic carbocycles. The van der Waals surface area contributed by atoms with Gasteiger partial charge < -0.3 is 4.57 Å². The van der Waals surface area contributed by atoms with E-state index in [4.69, 9.17) is 0 Å². The van der Waals surface area contributed by atoms with Crippen LogP contribution in [0.15, 0.2) is 42.5 Å². The Kier molecular flexibility index (Phi) is 2.22. The molecular weight excluding hydrogens is 210 g/mol.